The molecule has 0 fully saturated rings. The second-order valence-corrected chi connectivity index (χ2v) is 6.98. The standard InChI is InChI=1S/C18H32N2/c1-12(2)15-10-9-11-16(13(3)4)17(15)20-18(6,7)14(5)19-8/h9-14,19-20H,1-8H3. The zero-order valence-corrected chi connectivity index (χ0v) is 14.5. The van der Waals surface area contributed by atoms with E-state index in [0.717, 1.165) is 0 Å². The van der Waals surface area contributed by atoms with Gasteiger partial charge in [0, 0.05) is 17.3 Å². The summed E-state index contributed by atoms with van der Waals surface area (Å²) in [6.07, 6.45) is 0. The highest BCUT2D eigenvalue weighted by Crippen LogP contribution is 2.34. The van der Waals surface area contributed by atoms with E-state index in [1.807, 2.05) is 7.05 Å². The van der Waals surface area contributed by atoms with Crippen molar-refractivity contribution in [2.45, 2.75) is 71.9 Å². The molecule has 0 amide bonds. The molecular weight excluding hydrogens is 244 g/mol. The molecule has 2 nitrogen and oxygen atoms in total. The summed E-state index contributed by atoms with van der Waals surface area (Å²) < 4.78 is 0. The Balaban J connectivity index is 3.27. The van der Waals surface area contributed by atoms with Crippen LogP contribution in [0.4, 0.5) is 5.69 Å². The highest BCUT2D eigenvalue weighted by molar-refractivity contribution is 5.61. The molecule has 2 N–H and O–H groups in total. The van der Waals surface area contributed by atoms with E-state index in [9.17, 15) is 0 Å². The Bertz CT molecular complexity index is 407. The third-order valence-corrected chi connectivity index (χ3v) is 4.34. The minimum atomic E-state index is 0.00336. The zero-order valence-electron chi connectivity index (χ0n) is 14.5. The molecule has 0 aromatic heterocycles. The molecule has 0 heterocycles. The van der Waals surface area contributed by atoms with E-state index in [1.165, 1.54) is 16.8 Å². The monoisotopic (exact) mass is 276 g/mol. The summed E-state index contributed by atoms with van der Waals surface area (Å²) in [5, 5.41) is 7.17. The van der Waals surface area contributed by atoms with Crippen molar-refractivity contribution in [3.05, 3.63) is 29.3 Å². The summed E-state index contributed by atoms with van der Waals surface area (Å²) in [5.74, 6) is 1.05. The highest BCUT2D eigenvalue weighted by atomic mass is 15.0. The quantitative estimate of drug-likeness (QED) is 0.784. The van der Waals surface area contributed by atoms with Crippen molar-refractivity contribution in [1.82, 2.24) is 5.32 Å². The molecule has 0 aliphatic heterocycles. The summed E-state index contributed by atoms with van der Waals surface area (Å²) in [6, 6.07) is 7.07. The van der Waals surface area contributed by atoms with E-state index in [0.29, 0.717) is 17.9 Å². The molecule has 1 unspecified atom stereocenters. The van der Waals surface area contributed by atoms with Gasteiger partial charge in [0.05, 0.1) is 0 Å². The van der Waals surface area contributed by atoms with Crippen LogP contribution in [0.1, 0.15) is 71.4 Å². The molecule has 0 aliphatic carbocycles. The van der Waals surface area contributed by atoms with Crippen molar-refractivity contribution in [2.24, 2.45) is 0 Å². The zero-order chi connectivity index (χ0) is 15.5. The van der Waals surface area contributed by atoms with E-state index in [4.69, 9.17) is 0 Å². The maximum absolute atomic E-state index is 3.81. The van der Waals surface area contributed by atoms with Crippen LogP contribution in [0.5, 0.6) is 0 Å². The fourth-order valence-corrected chi connectivity index (χ4v) is 2.49. The van der Waals surface area contributed by atoms with E-state index in [-0.39, 0.29) is 5.54 Å². The number of hydrogen-bond donors (Lipinski definition) is 2. The molecule has 0 aliphatic rings. The number of hydrogen-bond acceptors (Lipinski definition) is 2. The number of rotatable bonds is 6. The van der Waals surface area contributed by atoms with Crippen LogP contribution in [0.25, 0.3) is 0 Å². The maximum atomic E-state index is 3.81. The molecule has 1 aromatic rings. The van der Waals surface area contributed by atoms with Gasteiger partial charge in [-0.1, -0.05) is 45.9 Å². The first-order valence-electron chi connectivity index (χ1n) is 7.79. The van der Waals surface area contributed by atoms with Gasteiger partial charge in [-0.25, -0.2) is 0 Å². The van der Waals surface area contributed by atoms with Gasteiger partial charge < -0.3 is 10.6 Å². The topological polar surface area (TPSA) is 24.1 Å². The first-order chi connectivity index (χ1) is 9.20. The van der Waals surface area contributed by atoms with E-state index < -0.39 is 0 Å². The lowest BCUT2D eigenvalue weighted by Gasteiger charge is -2.36. The number of para-hydroxylation sites is 1. The van der Waals surface area contributed by atoms with Crippen LogP contribution in [0.15, 0.2) is 18.2 Å². The molecule has 2 heteroatoms. The molecule has 1 aromatic carbocycles. The van der Waals surface area contributed by atoms with Gasteiger partial charge >= 0.3 is 0 Å². The fourth-order valence-electron chi connectivity index (χ4n) is 2.49. The minimum absolute atomic E-state index is 0.00336. The van der Waals surface area contributed by atoms with Crippen molar-refractivity contribution in [2.75, 3.05) is 12.4 Å². The van der Waals surface area contributed by atoms with Crippen molar-refractivity contribution in [3.8, 4) is 0 Å². The number of benzene rings is 1. The van der Waals surface area contributed by atoms with Crippen molar-refractivity contribution in [1.29, 1.82) is 0 Å². The van der Waals surface area contributed by atoms with Gasteiger partial charge in [0.2, 0.25) is 0 Å². The molecule has 0 radical (unpaired) electrons. The predicted molar refractivity (Wildman–Crippen MR) is 90.8 cm³/mol. The van der Waals surface area contributed by atoms with Gasteiger partial charge in [-0.15, -0.1) is 0 Å². The Hall–Kier alpha value is -1.02. The van der Waals surface area contributed by atoms with Crippen LogP contribution in [-0.2, 0) is 0 Å². The molecule has 20 heavy (non-hydrogen) atoms. The Morgan fingerprint density at radius 1 is 0.900 bits per heavy atom. The summed E-state index contributed by atoms with van der Waals surface area (Å²) >= 11 is 0. The average Bonchev–Trinajstić information content (AvgIpc) is 2.36. The van der Waals surface area contributed by atoms with Crippen molar-refractivity contribution in [3.63, 3.8) is 0 Å². The van der Waals surface area contributed by atoms with Gasteiger partial charge in [0.15, 0.2) is 0 Å². The van der Waals surface area contributed by atoms with Crippen molar-refractivity contribution < 1.29 is 0 Å². The molecule has 0 bridgehead atoms. The molecule has 0 spiro atoms. The van der Waals surface area contributed by atoms with Gasteiger partial charge in [0.25, 0.3) is 0 Å². The van der Waals surface area contributed by atoms with Crippen LogP contribution in [0.3, 0.4) is 0 Å². The Kier molecular flexibility index (Phi) is 5.64. The third kappa shape index (κ3) is 3.76. The Labute approximate surface area is 125 Å². The Morgan fingerprint density at radius 3 is 1.70 bits per heavy atom. The molecule has 114 valence electrons. The molecule has 1 rings (SSSR count). The van der Waals surface area contributed by atoms with E-state index >= 15 is 0 Å². The van der Waals surface area contributed by atoms with Gasteiger partial charge in [0.1, 0.15) is 0 Å². The first kappa shape index (κ1) is 17.0. The normalized spacial score (nSPS) is 13.9. The largest absolute Gasteiger partial charge is 0.378 e. The minimum Gasteiger partial charge on any atom is -0.378 e. The van der Waals surface area contributed by atoms with Gasteiger partial charge in [-0.05, 0) is 50.8 Å². The molecule has 1 atom stereocenters. The van der Waals surface area contributed by atoms with Crippen LogP contribution < -0.4 is 10.6 Å². The molecular formula is C18H32N2. The SMILES string of the molecule is CNC(C)C(C)(C)Nc1c(C(C)C)cccc1C(C)C. The van der Waals surface area contributed by atoms with Crippen LogP contribution in [0.2, 0.25) is 0 Å². The predicted octanol–water partition coefficient (Wildman–Crippen LogP) is 4.73. The van der Waals surface area contributed by atoms with E-state index in [2.05, 4.69) is 77.3 Å². The Morgan fingerprint density at radius 2 is 1.35 bits per heavy atom. The van der Waals surface area contributed by atoms with Crippen LogP contribution in [0, 0.1) is 0 Å². The van der Waals surface area contributed by atoms with Crippen LogP contribution >= 0.6 is 0 Å². The maximum Gasteiger partial charge on any atom is 0.0467 e. The second-order valence-electron chi connectivity index (χ2n) is 6.98. The van der Waals surface area contributed by atoms with Crippen molar-refractivity contribution >= 4 is 5.69 Å². The second kappa shape index (κ2) is 6.62. The summed E-state index contributed by atoms with van der Waals surface area (Å²) in [7, 11) is 2.02. The molecule has 0 saturated heterocycles. The first-order valence-corrected chi connectivity index (χ1v) is 7.79. The highest BCUT2D eigenvalue weighted by Gasteiger charge is 2.27. The fraction of sp³-hybridized carbons (Fsp3) is 0.667. The number of anilines is 1. The lowest BCUT2D eigenvalue weighted by atomic mass is 9.89. The smallest absolute Gasteiger partial charge is 0.0467 e. The van der Waals surface area contributed by atoms with E-state index in [1.54, 1.807) is 0 Å². The van der Waals surface area contributed by atoms with Crippen LogP contribution in [-0.4, -0.2) is 18.6 Å². The van der Waals surface area contributed by atoms with Gasteiger partial charge in [-0.2, -0.15) is 0 Å². The summed E-state index contributed by atoms with van der Waals surface area (Å²) in [4.78, 5) is 0. The summed E-state index contributed by atoms with van der Waals surface area (Å²) in [5.41, 5.74) is 4.15. The average molecular weight is 276 g/mol. The number of nitrogens with one attached hydrogen (secondary N) is 2. The number of likely N-dealkylation sites (N-methyl/N-ethyl adjacent to an activating group) is 1. The lowest BCUT2D eigenvalue weighted by Crippen LogP contribution is -2.49. The van der Waals surface area contributed by atoms with Gasteiger partial charge in [-0.3, -0.25) is 0 Å². The summed E-state index contributed by atoms with van der Waals surface area (Å²) in [6.45, 7) is 15.8. The third-order valence-electron chi connectivity index (χ3n) is 4.34. The lowest BCUT2D eigenvalue weighted by molar-refractivity contribution is 0.414. The molecule has 0 saturated carbocycles.